The third kappa shape index (κ3) is 3.72. The van der Waals surface area contributed by atoms with Gasteiger partial charge in [0.2, 0.25) is 5.91 Å². The number of carbonyl (C=O) groups is 2. The average molecular weight is 397 g/mol. The predicted octanol–water partition coefficient (Wildman–Crippen LogP) is 0.314. The summed E-state index contributed by atoms with van der Waals surface area (Å²) in [6.45, 7) is 1.08. The zero-order valence-electron chi connectivity index (χ0n) is 16.3. The Kier molecular flexibility index (Phi) is 5.04. The highest BCUT2D eigenvalue weighted by atomic mass is 16.2. The lowest BCUT2D eigenvalue weighted by Gasteiger charge is -2.36. The molecule has 2 aliphatic rings. The maximum Gasteiger partial charge on any atom is 0.328 e. The molecule has 152 valence electrons. The number of likely N-dealkylation sites (tertiary alicyclic amines) is 1. The summed E-state index contributed by atoms with van der Waals surface area (Å²) in [6, 6.07) is 4.67. The summed E-state index contributed by atoms with van der Waals surface area (Å²) in [6.07, 6.45) is 4.67. The number of carbonyl (C=O) groups excluding carboxylic acids is 2. The number of likely N-dealkylation sites (N-methyl/N-ethyl adjacent to an activating group) is 1. The van der Waals surface area contributed by atoms with Gasteiger partial charge in [-0.25, -0.2) is 4.79 Å². The lowest BCUT2D eigenvalue weighted by molar-refractivity contribution is -0.135. The molecule has 4 heterocycles. The smallest absolute Gasteiger partial charge is 0.328 e. The second-order valence-electron chi connectivity index (χ2n) is 7.54. The molecule has 0 radical (unpaired) electrons. The first-order valence-corrected chi connectivity index (χ1v) is 9.78. The van der Waals surface area contributed by atoms with E-state index in [4.69, 9.17) is 4.98 Å². The Morgan fingerprint density at radius 3 is 2.79 bits per heavy atom. The Bertz CT molecular complexity index is 1070. The van der Waals surface area contributed by atoms with Gasteiger partial charge in [0, 0.05) is 38.8 Å². The molecule has 2 aliphatic heterocycles. The van der Waals surface area contributed by atoms with E-state index in [1.54, 1.807) is 22.9 Å². The first-order chi connectivity index (χ1) is 13.9. The van der Waals surface area contributed by atoms with Crippen LogP contribution in [0.5, 0.6) is 0 Å². The van der Waals surface area contributed by atoms with E-state index >= 15 is 0 Å². The third-order valence-corrected chi connectivity index (χ3v) is 5.62. The largest absolute Gasteiger partial charge is 0.341 e. The molecule has 1 N–H and O–H groups in total. The first kappa shape index (κ1) is 19.1. The van der Waals surface area contributed by atoms with Crippen molar-refractivity contribution < 1.29 is 9.59 Å². The number of pyridine rings is 1. The molecule has 1 unspecified atom stereocenters. The predicted molar refractivity (Wildman–Crippen MR) is 105 cm³/mol. The number of H-pyrrole nitrogens is 1. The number of rotatable bonds is 3. The topological polar surface area (TPSA) is 108 Å². The molecule has 1 saturated heterocycles. The van der Waals surface area contributed by atoms with Crippen molar-refractivity contribution in [1.82, 2.24) is 24.3 Å². The van der Waals surface area contributed by atoms with Crippen LogP contribution in [0.15, 0.2) is 34.0 Å². The second-order valence-corrected chi connectivity index (χ2v) is 7.54. The number of aromatic amines is 1. The van der Waals surface area contributed by atoms with E-state index < -0.39 is 11.2 Å². The maximum atomic E-state index is 13.0. The van der Waals surface area contributed by atoms with Gasteiger partial charge in [0.25, 0.3) is 11.5 Å². The number of hydrogen-bond acceptors (Lipinski definition) is 5. The fraction of sp³-hybridized carbons (Fsp3) is 0.450. The molecule has 2 amide bonds. The lowest BCUT2D eigenvalue weighted by Crippen LogP contribution is -2.43. The molecule has 2 aromatic heterocycles. The molecule has 9 nitrogen and oxygen atoms in total. The summed E-state index contributed by atoms with van der Waals surface area (Å²) >= 11 is 0. The molecule has 1 fully saturated rings. The van der Waals surface area contributed by atoms with Gasteiger partial charge in [0.05, 0.1) is 23.0 Å². The van der Waals surface area contributed by atoms with Crippen LogP contribution < -0.4 is 11.2 Å². The Balaban J connectivity index is 1.59. The molecule has 9 heteroatoms. The van der Waals surface area contributed by atoms with Crippen molar-refractivity contribution in [3.05, 3.63) is 62.2 Å². The van der Waals surface area contributed by atoms with E-state index in [1.807, 2.05) is 6.07 Å². The van der Waals surface area contributed by atoms with E-state index in [2.05, 4.69) is 4.98 Å². The number of amides is 2. The van der Waals surface area contributed by atoms with Gasteiger partial charge in [0.1, 0.15) is 6.54 Å². The van der Waals surface area contributed by atoms with Gasteiger partial charge in [0.15, 0.2) is 0 Å². The Morgan fingerprint density at radius 2 is 2.00 bits per heavy atom. The standard InChI is InChI=1S/C20H23N5O4/c1-23-10-7-14-13(19(23)28)5-6-15(21-14)16-4-2-3-9-25(16)18(27)12-24-11-8-17(26)22-20(24)29/h5-6,8,11,16H,2-4,7,9-10,12H2,1H3,(H,22,26,29). The SMILES string of the molecule is CN1CCc2nc(C3CCCCN3C(=O)Cn3ccc(=O)[nH]c3=O)ccc2C1=O. The molecule has 2 aromatic rings. The summed E-state index contributed by atoms with van der Waals surface area (Å²) in [7, 11) is 1.78. The van der Waals surface area contributed by atoms with Crippen molar-refractivity contribution >= 4 is 11.8 Å². The average Bonchev–Trinajstić information content (AvgIpc) is 2.72. The van der Waals surface area contributed by atoms with E-state index in [-0.39, 0.29) is 24.4 Å². The van der Waals surface area contributed by atoms with Gasteiger partial charge >= 0.3 is 5.69 Å². The summed E-state index contributed by atoms with van der Waals surface area (Å²) < 4.78 is 1.20. The van der Waals surface area contributed by atoms with Crippen molar-refractivity contribution in [2.24, 2.45) is 0 Å². The van der Waals surface area contributed by atoms with Gasteiger partial charge in [-0.2, -0.15) is 0 Å². The number of piperidine rings is 1. The molecular formula is C20H23N5O4. The molecular weight excluding hydrogens is 374 g/mol. The fourth-order valence-corrected chi connectivity index (χ4v) is 4.01. The van der Waals surface area contributed by atoms with Gasteiger partial charge in [-0.15, -0.1) is 0 Å². The molecule has 29 heavy (non-hydrogen) atoms. The number of aromatic nitrogens is 3. The summed E-state index contributed by atoms with van der Waals surface area (Å²) in [5.74, 6) is -0.224. The molecule has 4 rings (SSSR count). The van der Waals surface area contributed by atoms with Crippen LogP contribution in [0.4, 0.5) is 0 Å². The summed E-state index contributed by atoms with van der Waals surface area (Å²) in [5.41, 5.74) is 1.08. The van der Waals surface area contributed by atoms with Crippen LogP contribution in [0.3, 0.4) is 0 Å². The van der Waals surface area contributed by atoms with Crippen molar-refractivity contribution in [3.8, 4) is 0 Å². The highest BCUT2D eigenvalue weighted by Crippen LogP contribution is 2.31. The minimum absolute atomic E-state index is 0.0284. The molecule has 1 atom stereocenters. The van der Waals surface area contributed by atoms with Crippen LogP contribution in [0, 0.1) is 0 Å². The lowest BCUT2D eigenvalue weighted by atomic mass is 9.96. The minimum atomic E-state index is -0.603. The zero-order valence-corrected chi connectivity index (χ0v) is 16.3. The Morgan fingerprint density at radius 1 is 1.17 bits per heavy atom. The van der Waals surface area contributed by atoms with Crippen LogP contribution in [0.2, 0.25) is 0 Å². The van der Waals surface area contributed by atoms with Gasteiger partial charge < -0.3 is 9.80 Å². The number of nitrogens with one attached hydrogen (secondary N) is 1. The Labute approximate surface area is 167 Å². The number of nitrogens with zero attached hydrogens (tertiary/aromatic N) is 4. The highest BCUT2D eigenvalue weighted by Gasteiger charge is 2.31. The van der Waals surface area contributed by atoms with E-state index in [9.17, 15) is 19.2 Å². The second kappa shape index (κ2) is 7.65. The van der Waals surface area contributed by atoms with Crippen molar-refractivity contribution in [2.45, 2.75) is 38.3 Å². The zero-order chi connectivity index (χ0) is 20.5. The van der Waals surface area contributed by atoms with Crippen molar-refractivity contribution in [3.63, 3.8) is 0 Å². The number of fused-ring (bicyclic) bond motifs is 1. The van der Waals surface area contributed by atoms with Gasteiger partial charge in [-0.05, 0) is 31.4 Å². The van der Waals surface area contributed by atoms with Crippen LogP contribution >= 0.6 is 0 Å². The van der Waals surface area contributed by atoms with Crippen LogP contribution in [-0.4, -0.2) is 56.3 Å². The minimum Gasteiger partial charge on any atom is -0.341 e. The normalized spacial score (nSPS) is 19.2. The Hall–Kier alpha value is -3.23. The molecule has 0 aliphatic carbocycles. The van der Waals surface area contributed by atoms with E-state index in [0.717, 1.165) is 30.7 Å². The third-order valence-electron chi connectivity index (χ3n) is 5.62. The van der Waals surface area contributed by atoms with Crippen molar-refractivity contribution in [2.75, 3.05) is 20.1 Å². The molecule has 0 saturated carbocycles. The van der Waals surface area contributed by atoms with Crippen LogP contribution in [0.1, 0.15) is 47.1 Å². The maximum absolute atomic E-state index is 13.0. The quantitative estimate of drug-likeness (QED) is 0.802. The highest BCUT2D eigenvalue weighted by molar-refractivity contribution is 5.96. The van der Waals surface area contributed by atoms with E-state index in [1.165, 1.54) is 16.8 Å². The van der Waals surface area contributed by atoms with Gasteiger partial charge in [-0.3, -0.25) is 28.9 Å². The fourth-order valence-electron chi connectivity index (χ4n) is 4.01. The monoisotopic (exact) mass is 397 g/mol. The molecule has 0 bridgehead atoms. The molecule has 0 aromatic carbocycles. The van der Waals surface area contributed by atoms with E-state index in [0.29, 0.717) is 25.1 Å². The van der Waals surface area contributed by atoms with Crippen LogP contribution in [0.25, 0.3) is 0 Å². The first-order valence-electron chi connectivity index (χ1n) is 9.78. The summed E-state index contributed by atoms with van der Waals surface area (Å²) in [5, 5.41) is 0. The van der Waals surface area contributed by atoms with Gasteiger partial charge in [-0.1, -0.05) is 0 Å². The number of hydrogen-bond donors (Lipinski definition) is 1. The summed E-state index contributed by atoms with van der Waals surface area (Å²) in [4.78, 5) is 58.7. The van der Waals surface area contributed by atoms with Crippen LogP contribution in [-0.2, 0) is 17.8 Å². The van der Waals surface area contributed by atoms with Crippen molar-refractivity contribution in [1.29, 1.82) is 0 Å². The molecule has 0 spiro atoms.